The summed E-state index contributed by atoms with van der Waals surface area (Å²) in [4.78, 5) is 4.71. The lowest BCUT2D eigenvalue weighted by Crippen LogP contribution is -2.30. The summed E-state index contributed by atoms with van der Waals surface area (Å²) in [7, 11) is 0. The molecule has 5 heteroatoms. The number of hydrogen-bond donors (Lipinski definition) is 1. The van der Waals surface area contributed by atoms with E-state index in [0.717, 1.165) is 54.2 Å². The molecule has 104 valence electrons. The number of ether oxygens (including phenoxy) is 1. The number of imidazole rings is 1. The summed E-state index contributed by atoms with van der Waals surface area (Å²) in [5.74, 6) is 1.01. The van der Waals surface area contributed by atoms with Crippen molar-refractivity contribution in [1.82, 2.24) is 9.55 Å². The zero-order valence-corrected chi connectivity index (χ0v) is 12.7. The number of rotatable bonds is 1. The second kappa shape index (κ2) is 4.60. The Hall–Kier alpha value is -1.33. The average Bonchev–Trinajstić information content (AvgIpc) is 3.02. The molecule has 2 aromatic rings. The average molecular weight is 334 g/mol. The molecule has 1 aromatic carbocycles. The molecule has 2 aliphatic heterocycles. The van der Waals surface area contributed by atoms with Crippen LogP contribution in [-0.2, 0) is 19.4 Å². The van der Waals surface area contributed by atoms with Crippen molar-refractivity contribution in [1.29, 1.82) is 0 Å². The fourth-order valence-electron chi connectivity index (χ4n) is 3.10. The summed E-state index contributed by atoms with van der Waals surface area (Å²) in [5.41, 5.74) is 10.9. The molecule has 2 N–H and O–H groups in total. The zero-order chi connectivity index (χ0) is 13.7. The number of hydrogen-bond acceptors (Lipinski definition) is 3. The van der Waals surface area contributed by atoms with Gasteiger partial charge in [-0.15, -0.1) is 0 Å². The molecule has 0 saturated carbocycles. The van der Waals surface area contributed by atoms with Gasteiger partial charge in [0.25, 0.3) is 0 Å². The van der Waals surface area contributed by atoms with Gasteiger partial charge in [0.1, 0.15) is 5.75 Å². The largest absolute Gasteiger partial charge is 0.493 e. The highest BCUT2D eigenvalue weighted by Gasteiger charge is 2.24. The third kappa shape index (κ3) is 1.88. The monoisotopic (exact) mass is 333 g/mol. The first-order chi connectivity index (χ1) is 9.72. The summed E-state index contributed by atoms with van der Waals surface area (Å²) >= 11 is 3.57. The number of benzene rings is 1. The van der Waals surface area contributed by atoms with Crippen LogP contribution < -0.4 is 10.5 Å². The first-order valence-corrected chi connectivity index (χ1v) is 7.78. The van der Waals surface area contributed by atoms with Gasteiger partial charge in [-0.3, -0.25) is 0 Å². The second-order valence-corrected chi connectivity index (χ2v) is 6.21. The molecular formula is C15H16BrN3O. The van der Waals surface area contributed by atoms with Gasteiger partial charge in [0.15, 0.2) is 4.73 Å². The smallest absolute Gasteiger partial charge is 0.177 e. The molecule has 0 spiro atoms. The summed E-state index contributed by atoms with van der Waals surface area (Å²) in [6, 6.07) is 6.60. The maximum absolute atomic E-state index is 6.12. The summed E-state index contributed by atoms with van der Waals surface area (Å²) in [6.07, 6.45) is 2.89. The Bertz CT molecular complexity index is 680. The lowest BCUT2D eigenvalue weighted by molar-refractivity contribution is 0.357. The maximum atomic E-state index is 6.12. The van der Waals surface area contributed by atoms with E-state index >= 15 is 0 Å². The van der Waals surface area contributed by atoms with E-state index in [0.29, 0.717) is 0 Å². The highest BCUT2D eigenvalue weighted by Crippen LogP contribution is 2.34. The minimum absolute atomic E-state index is 0.239. The third-order valence-electron chi connectivity index (χ3n) is 4.17. The Morgan fingerprint density at radius 2 is 2.30 bits per heavy atom. The Labute approximate surface area is 126 Å². The SMILES string of the molecule is NC1CCn2c(Br)nc(-c3ccc4c(c3)CCO4)c2C1. The van der Waals surface area contributed by atoms with Crippen molar-refractivity contribution in [2.45, 2.75) is 31.8 Å². The van der Waals surface area contributed by atoms with Crippen LogP contribution in [0, 0.1) is 0 Å². The van der Waals surface area contributed by atoms with Crippen LogP contribution in [0.1, 0.15) is 17.7 Å². The van der Waals surface area contributed by atoms with Gasteiger partial charge in [-0.1, -0.05) is 0 Å². The van der Waals surface area contributed by atoms with Crippen LogP contribution in [0.25, 0.3) is 11.3 Å². The van der Waals surface area contributed by atoms with Gasteiger partial charge in [0.05, 0.1) is 12.3 Å². The van der Waals surface area contributed by atoms with E-state index in [-0.39, 0.29) is 6.04 Å². The molecule has 0 radical (unpaired) electrons. The summed E-state index contributed by atoms with van der Waals surface area (Å²) in [6.45, 7) is 1.73. The molecule has 0 saturated heterocycles. The maximum Gasteiger partial charge on any atom is 0.177 e. The molecule has 4 rings (SSSR count). The highest BCUT2D eigenvalue weighted by atomic mass is 79.9. The minimum Gasteiger partial charge on any atom is -0.493 e. The topological polar surface area (TPSA) is 53.1 Å². The summed E-state index contributed by atoms with van der Waals surface area (Å²) < 4.78 is 8.72. The van der Waals surface area contributed by atoms with Crippen molar-refractivity contribution in [3.05, 3.63) is 34.2 Å². The van der Waals surface area contributed by atoms with Gasteiger partial charge < -0.3 is 15.0 Å². The Morgan fingerprint density at radius 1 is 1.40 bits per heavy atom. The lowest BCUT2D eigenvalue weighted by Gasteiger charge is -2.21. The van der Waals surface area contributed by atoms with Crippen LogP contribution >= 0.6 is 15.9 Å². The van der Waals surface area contributed by atoms with Gasteiger partial charge in [-0.25, -0.2) is 4.98 Å². The van der Waals surface area contributed by atoms with E-state index in [2.05, 4.69) is 38.7 Å². The standard InChI is InChI=1S/C15H16BrN3O/c16-15-18-14(12-8-11(17)3-5-19(12)15)10-1-2-13-9(7-10)4-6-20-13/h1-2,7,11H,3-6,8,17H2. The van der Waals surface area contributed by atoms with E-state index in [4.69, 9.17) is 15.5 Å². The Morgan fingerprint density at radius 3 is 3.20 bits per heavy atom. The quantitative estimate of drug-likeness (QED) is 0.872. The van der Waals surface area contributed by atoms with Gasteiger partial charge in [0, 0.05) is 36.7 Å². The number of nitrogens with two attached hydrogens (primary N) is 1. The van der Waals surface area contributed by atoms with E-state index < -0.39 is 0 Å². The number of fused-ring (bicyclic) bond motifs is 2. The fourth-order valence-corrected chi connectivity index (χ4v) is 3.67. The molecule has 0 aliphatic carbocycles. The first-order valence-electron chi connectivity index (χ1n) is 6.99. The predicted octanol–water partition coefficient (Wildman–Crippen LogP) is 2.52. The van der Waals surface area contributed by atoms with Crippen molar-refractivity contribution >= 4 is 15.9 Å². The van der Waals surface area contributed by atoms with Gasteiger partial charge in [-0.2, -0.15) is 0 Å². The molecule has 1 unspecified atom stereocenters. The van der Waals surface area contributed by atoms with Crippen LogP contribution in [0.15, 0.2) is 22.9 Å². The van der Waals surface area contributed by atoms with E-state index in [1.807, 2.05) is 0 Å². The molecule has 20 heavy (non-hydrogen) atoms. The Kier molecular flexibility index (Phi) is 2.86. The highest BCUT2D eigenvalue weighted by molar-refractivity contribution is 9.10. The second-order valence-electron chi connectivity index (χ2n) is 5.50. The molecular weight excluding hydrogens is 318 g/mol. The normalized spacial score (nSPS) is 20.4. The molecule has 2 aliphatic rings. The van der Waals surface area contributed by atoms with Crippen molar-refractivity contribution in [3.63, 3.8) is 0 Å². The number of aromatic nitrogens is 2. The number of nitrogens with zero attached hydrogens (tertiary/aromatic N) is 2. The van der Waals surface area contributed by atoms with Crippen LogP contribution in [0.3, 0.4) is 0 Å². The first kappa shape index (κ1) is 12.4. The van der Waals surface area contributed by atoms with Crippen molar-refractivity contribution in [3.8, 4) is 17.0 Å². The lowest BCUT2D eigenvalue weighted by atomic mass is 9.99. The summed E-state index contributed by atoms with van der Waals surface area (Å²) in [5, 5.41) is 0. The van der Waals surface area contributed by atoms with Gasteiger partial charge in [-0.05, 0) is 46.1 Å². The molecule has 3 heterocycles. The van der Waals surface area contributed by atoms with Crippen LogP contribution in [0.4, 0.5) is 0 Å². The number of halogens is 1. The molecule has 1 aromatic heterocycles. The van der Waals surface area contributed by atoms with E-state index in [9.17, 15) is 0 Å². The molecule has 1 atom stereocenters. The minimum atomic E-state index is 0.239. The van der Waals surface area contributed by atoms with Crippen LogP contribution in [0.5, 0.6) is 5.75 Å². The van der Waals surface area contributed by atoms with Crippen LogP contribution in [0.2, 0.25) is 0 Å². The van der Waals surface area contributed by atoms with Gasteiger partial charge in [0.2, 0.25) is 0 Å². The van der Waals surface area contributed by atoms with Crippen molar-refractivity contribution < 1.29 is 4.74 Å². The van der Waals surface area contributed by atoms with Crippen molar-refractivity contribution in [2.24, 2.45) is 5.73 Å². The van der Waals surface area contributed by atoms with Crippen molar-refractivity contribution in [2.75, 3.05) is 6.61 Å². The van der Waals surface area contributed by atoms with E-state index in [1.165, 1.54) is 11.3 Å². The molecule has 4 nitrogen and oxygen atoms in total. The Balaban J connectivity index is 1.83. The third-order valence-corrected chi connectivity index (χ3v) is 4.77. The molecule has 0 fully saturated rings. The van der Waals surface area contributed by atoms with Crippen LogP contribution in [-0.4, -0.2) is 22.2 Å². The predicted molar refractivity (Wildman–Crippen MR) is 80.9 cm³/mol. The molecule has 0 bridgehead atoms. The zero-order valence-electron chi connectivity index (χ0n) is 11.1. The fraction of sp³-hybridized carbons (Fsp3) is 0.400. The van der Waals surface area contributed by atoms with Gasteiger partial charge >= 0.3 is 0 Å². The van der Waals surface area contributed by atoms with E-state index in [1.54, 1.807) is 0 Å². The molecule has 0 amide bonds.